The minimum absolute atomic E-state index is 0.0452. The van der Waals surface area contributed by atoms with Crippen LogP contribution in [-0.2, 0) is 4.79 Å². The normalized spacial score (nSPS) is 10.6. The summed E-state index contributed by atoms with van der Waals surface area (Å²) in [7, 11) is 0. The fourth-order valence-electron chi connectivity index (χ4n) is 2.81. The lowest BCUT2D eigenvalue weighted by Gasteiger charge is -2.11. The van der Waals surface area contributed by atoms with E-state index in [1.165, 1.54) is 5.39 Å². The summed E-state index contributed by atoms with van der Waals surface area (Å²) in [6.07, 6.45) is 0. The molecule has 0 heterocycles. The van der Waals surface area contributed by atoms with Gasteiger partial charge >= 0.3 is 0 Å². The van der Waals surface area contributed by atoms with Crippen LogP contribution in [0.5, 0.6) is 11.5 Å². The first kappa shape index (κ1) is 19.1. The summed E-state index contributed by atoms with van der Waals surface area (Å²) in [6.45, 7) is 4.58. The van der Waals surface area contributed by atoms with Gasteiger partial charge in [0.15, 0.2) is 6.61 Å². The second-order valence-electron chi connectivity index (χ2n) is 6.37. The average Bonchev–Trinajstić information content (AvgIpc) is 2.67. The van der Waals surface area contributed by atoms with Crippen molar-refractivity contribution in [3.05, 3.63) is 70.7 Å². The second kappa shape index (κ2) is 8.78. The van der Waals surface area contributed by atoms with Crippen LogP contribution in [0.2, 0.25) is 5.02 Å². The fourth-order valence-corrected chi connectivity index (χ4v) is 2.92. The quantitative estimate of drug-likeness (QED) is 0.602. The minimum Gasteiger partial charge on any atom is -0.492 e. The lowest BCUT2D eigenvalue weighted by atomic mass is 10.1. The Labute approximate surface area is 164 Å². The third-order valence-electron chi connectivity index (χ3n) is 4.19. The molecule has 0 aromatic heterocycles. The molecule has 0 saturated heterocycles. The highest BCUT2D eigenvalue weighted by atomic mass is 35.5. The molecule has 27 heavy (non-hydrogen) atoms. The van der Waals surface area contributed by atoms with Gasteiger partial charge in [-0.05, 0) is 60.0 Å². The van der Waals surface area contributed by atoms with Gasteiger partial charge in [-0.2, -0.15) is 0 Å². The first-order valence-corrected chi connectivity index (χ1v) is 9.18. The number of amides is 1. The molecule has 0 aliphatic carbocycles. The number of carbonyl (C=O) groups is 1. The molecular weight excluding hydrogens is 362 g/mol. The van der Waals surface area contributed by atoms with Crippen molar-refractivity contribution in [2.24, 2.45) is 0 Å². The van der Waals surface area contributed by atoms with Crippen LogP contribution in [-0.4, -0.2) is 25.7 Å². The number of hydrogen-bond acceptors (Lipinski definition) is 3. The van der Waals surface area contributed by atoms with Crippen LogP contribution in [0.25, 0.3) is 10.8 Å². The summed E-state index contributed by atoms with van der Waals surface area (Å²) in [5, 5.41) is 5.80. The highest BCUT2D eigenvalue weighted by Gasteiger charge is 2.06. The predicted octanol–water partition coefficient (Wildman–Crippen LogP) is 4.68. The van der Waals surface area contributed by atoms with E-state index >= 15 is 0 Å². The van der Waals surface area contributed by atoms with Crippen molar-refractivity contribution < 1.29 is 14.3 Å². The van der Waals surface area contributed by atoms with Crippen molar-refractivity contribution in [1.29, 1.82) is 0 Å². The molecule has 0 aliphatic heterocycles. The lowest BCUT2D eigenvalue weighted by molar-refractivity contribution is -0.123. The molecule has 3 aromatic rings. The summed E-state index contributed by atoms with van der Waals surface area (Å²) in [6, 6.07) is 17.7. The zero-order chi connectivity index (χ0) is 19.2. The molecule has 140 valence electrons. The molecule has 1 N–H and O–H groups in total. The molecule has 5 heteroatoms. The molecular formula is C22H22ClNO3. The zero-order valence-electron chi connectivity index (χ0n) is 15.4. The largest absolute Gasteiger partial charge is 0.492 e. The van der Waals surface area contributed by atoms with Gasteiger partial charge in [0.25, 0.3) is 5.91 Å². The minimum atomic E-state index is -0.192. The molecule has 0 spiro atoms. The van der Waals surface area contributed by atoms with Crippen LogP contribution in [0, 0.1) is 13.8 Å². The number of ether oxygens (including phenoxy) is 2. The molecule has 0 radical (unpaired) electrons. The van der Waals surface area contributed by atoms with E-state index in [0.29, 0.717) is 18.9 Å². The number of carbonyl (C=O) groups excluding carboxylic acids is 1. The summed E-state index contributed by atoms with van der Waals surface area (Å²) < 4.78 is 11.2. The molecule has 0 bridgehead atoms. The van der Waals surface area contributed by atoms with Gasteiger partial charge in [0.1, 0.15) is 18.1 Å². The van der Waals surface area contributed by atoms with Gasteiger partial charge in [0, 0.05) is 5.02 Å². The number of benzene rings is 3. The molecule has 3 rings (SSSR count). The molecule has 3 aromatic carbocycles. The molecule has 0 atom stereocenters. The van der Waals surface area contributed by atoms with Gasteiger partial charge in [-0.1, -0.05) is 41.9 Å². The Kier molecular flexibility index (Phi) is 6.20. The summed E-state index contributed by atoms with van der Waals surface area (Å²) >= 11 is 6.13. The van der Waals surface area contributed by atoms with Crippen molar-refractivity contribution in [3.8, 4) is 11.5 Å². The smallest absolute Gasteiger partial charge is 0.258 e. The first-order valence-electron chi connectivity index (χ1n) is 8.81. The SMILES string of the molecule is Cc1cc(OCC(=O)NCCOc2ccc3ccccc3c2)cc(C)c1Cl. The first-order chi connectivity index (χ1) is 13.0. The maximum atomic E-state index is 11.9. The van der Waals surface area contributed by atoms with Crippen molar-refractivity contribution in [3.63, 3.8) is 0 Å². The topological polar surface area (TPSA) is 47.6 Å². The number of rotatable bonds is 7. The number of fused-ring (bicyclic) bond motifs is 1. The van der Waals surface area contributed by atoms with Crippen molar-refractivity contribution >= 4 is 28.3 Å². The molecule has 0 saturated carbocycles. The second-order valence-corrected chi connectivity index (χ2v) is 6.75. The molecule has 4 nitrogen and oxygen atoms in total. The van der Waals surface area contributed by atoms with E-state index in [9.17, 15) is 4.79 Å². The van der Waals surface area contributed by atoms with Gasteiger partial charge in [-0.3, -0.25) is 4.79 Å². The third-order valence-corrected chi connectivity index (χ3v) is 4.79. The summed E-state index contributed by atoms with van der Waals surface area (Å²) in [4.78, 5) is 11.9. The Morgan fingerprint density at radius 1 is 0.926 bits per heavy atom. The molecule has 0 fully saturated rings. The van der Waals surface area contributed by atoms with Crippen molar-refractivity contribution in [2.75, 3.05) is 19.8 Å². The van der Waals surface area contributed by atoms with Crippen LogP contribution in [0.1, 0.15) is 11.1 Å². The van der Waals surface area contributed by atoms with Gasteiger partial charge in [0.2, 0.25) is 0 Å². The van der Waals surface area contributed by atoms with Gasteiger partial charge in [0.05, 0.1) is 6.54 Å². The highest BCUT2D eigenvalue weighted by Crippen LogP contribution is 2.25. The Morgan fingerprint density at radius 3 is 2.37 bits per heavy atom. The summed E-state index contributed by atoms with van der Waals surface area (Å²) in [5.74, 6) is 1.23. The van der Waals surface area contributed by atoms with Gasteiger partial charge in [-0.15, -0.1) is 0 Å². The van der Waals surface area contributed by atoms with Crippen LogP contribution in [0.3, 0.4) is 0 Å². The van der Waals surface area contributed by atoms with E-state index in [1.807, 2.05) is 62.4 Å². The molecule has 0 unspecified atom stereocenters. The Hall–Kier alpha value is -2.72. The standard InChI is InChI=1S/C22H22ClNO3/c1-15-11-20(12-16(2)22(15)23)27-14-21(25)24-9-10-26-19-8-7-17-5-3-4-6-18(17)13-19/h3-8,11-13H,9-10,14H2,1-2H3,(H,24,25). The number of halogens is 1. The number of nitrogens with one attached hydrogen (secondary N) is 1. The Bertz CT molecular complexity index is 932. The third kappa shape index (κ3) is 5.14. The Balaban J connectivity index is 1.41. The van der Waals surface area contributed by atoms with E-state index in [0.717, 1.165) is 27.3 Å². The monoisotopic (exact) mass is 383 g/mol. The van der Waals surface area contributed by atoms with Crippen LogP contribution < -0.4 is 14.8 Å². The number of aryl methyl sites for hydroxylation is 2. The van der Waals surface area contributed by atoms with Gasteiger partial charge in [-0.25, -0.2) is 0 Å². The van der Waals surface area contributed by atoms with E-state index in [4.69, 9.17) is 21.1 Å². The Morgan fingerprint density at radius 2 is 1.63 bits per heavy atom. The fraction of sp³-hybridized carbons (Fsp3) is 0.227. The average molecular weight is 384 g/mol. The number of hydrogen-bond donors (Lipinski definition) is 1. The van der Waals surface area contributed by atoms with Gasteiger partial charge < -0.3 is 14.8 Å². The van der Waals surface area contributed by atoms with Crippen LogP contribution in [0.4, 0.5) is 0 Å². The predicted molar refractivity (Wildman–Crippen MR) is 109 cm³/mol. The maximum Gasteiger partial charge on any atom is 0.258 e. The van der Waals surface area contributed by atoms with Crippen molar-refractivity contribution in [1.82, 2.24) is 5.32 Å². The zero-order valence-corrected chi connectivity index (χ0v) is 16.2. The van der Waals surface area contributed by atoms with E-state index in [2.05, 4.69) is 11.4 Å². The molecule has 1 amide bonds. The van der Waals surface area contributed by atoms with Crippen molar-refractivity contribution in [2.45, 2.75) is 13.8 Å². The molecule has 0 aliphatic rings. The van der Waals surface area contributed by atoms with Crippen LogP contribution >= 0.6 is 11.6 Å². The summed E-state index contributed by atoms with van der Waals surface area (Å²) in [5.41, 5.74) is 1.85. The van der Waals surface area contributed by atoms with E-state index in [1.54, 1.807) is 0 Å². The van der Waals surface area contributed by atoms with Crippen LogP contribution in [0.15, 0.2) is 54.6 Å². The van der Waals surface area contributed by atoms with E-state index in [-0.39, 0.29) is 12.5 Å². The van der Waals surface area contributed by atoms with E-state index < -0.39 is 0 Å². The maximum absolute atomic E-state index is 11.9. The lowest BCUT2D eigenvalue weighted by Crippen LogP contribution is -2.32. The highest BCUT2D eigenvalue weighted by molar-refractivity contribution is 6.32.